The Hall–Kier alpha value is -3.70. The number of fused-ring (bicyclic) bond motifs is 1. The summed E-state index contributed by atoms with van der Waals surface area (Å²) in [6.45, 7) is 3.38. The maximum atomic E-state index is 13.1. The molecule has 12 heteroatoms. The van der Waals surface area contributed by atoms with Crippen LogP contribution in [0.4, 0.5) is 24.7 Å². The number of halogens is 3. The lowest BCUT2D eigenvalue weighted by Gasteiger charge is -2.32. The zero-order valence-corrected chi connectivity index (χ0v) is 18.5. The number of alkyl halides is 3. The van der Waals surface area contributed by atoms with Gasteiger partial charge in [-0.25, -0.2) is 0 Å². The highest BCUT2D eigenvalue weighted by molar-refractivity contribution is 6.04. The van der Waals surface area contributed by atoms with Crippen LogP contribution in [-0.2, 0) is 11.0 Å². The van der Waals surface area contributed by atoms with Crippen LogP contribution in [0.5, 0.6) is 0 Å². The van der Waals surface area contributed by atoms with E-state index in [-0.39, 0.29) is 23.4 Å². The van der Waals surface area contributed by atoms with Crippen LogP contribution in [0.15, 0.2) is 36.4 Å². The molecule has 9 nitrogen and oxygen atoms in total. The van der Waals surface area contributed by atoms with Gasteiger partial charge in [-0.1, -0.05) is 19.1 Å². The molecule has 3 heterocycles. The molecule has 1 aromatic carbocycles. The van der Waals surface area contributed by atoms with Crippen molar-refractivity contribution in [3.8, 4) is 0 Å². The van der Waals surface area contributed by atoms with E-state index < -0.39 is 12.0 Å². The van der Waals surface area contributed by atoms with Gasteiger partial charge >= 0.3 is 6.18 Å². The number of hydrogen-bond donors (Lipinski definition) is 2. The van der Waals surface area contributed by atoms with Gasteiger partial charge in [0.1, 0.15) is 5.82 Å². The second-order valence-corrected chi connectivity index (χ2v) is 8.03. The number of carbonyl (C=O) groups excluding carboxylic acids is 2. The van der Waals surface area contributed by atoms with Crippen molar-refractivity contribution in [1.82, 2.24) is 25.1 Å². The van der Waals surface area contributed by atoms with Crippen molar-refractivity contribution in [2.24, 2.45) is 5.92 Å². The number of hydrogen-bond acceptors (Lipinski definition) is 6. The number of aromatic nitrogens is 4. The summed E-state index contributed by atoms with van der Waals surface area (Å²) >= 11 is 0. The third kappa shape index (κ3) is 4.95. The minimum absolute atomic E-state index is 0.00646. The molecule has 0 saturated carbocycles. The Morgan fingerprint density at radius 2 is 1.82 bits per heavy atom. The summed E-state index contributed by atoms with van der Waals surface area (Å²) in [5.41, 5.74) is 0.851. The molecule has 0 atom stereocenters. The molecule has 2 aromatic heterocycles. The summed E-state index contributed by atoms with van der Waals surface area (Å²) in [6, 6.07) is 9.85. The topological polar surface area (TPSA) is 105 Å². The van der Waals surface area contributed by atoms with E-state index in [1.54, 1.807) is 30.3 Å². The van der Waals surface area contributed by atoms with Gasteiger partial charge in [0.15, 0.2) is 5.65 Å². The maximum absolute atomic E-state index is 13.1. The average molecular weight is 475 g/mol. The van der Waals surface area contributed by atoms with E-state index in [4.69, 9.17) is 0 Å². The fourth-order valence-corrected chi connectivity index (χ4v) is 3.85. The number of anilines is 2. The number of amides is 2. The molecule has 0 aliphatic carbocycles. The van der Waals surface area contributed by atoms with E-state index >= 15 is 0 Å². The Kier molecular flexibility index (Phi) is 6.66. The Balaban J connectivity index is 1.41. The number of piperidine rings is 1. The van der Waals surface area contributed by atoms with Crippen LogP contribution in [0, 0.1) is 5.92 Å². The zero-order valence-electron chi connectivity index (χ0n) is 18.5. The molecule has 1 fully saturated rings. The van der Waals surface area contributed by atoms with Crippen molar-refractivity contribution in [3.05, 3.63) is 47.8 Å². The molecule has 34 heavy (non-hydrogen) atoms. The summed E-state index contributed by atoms with van der Waals surface area (Å²) in [5.74, 6) is -1.57. The largest absolute Gasteiger partial charge is 0.453 e. The van der Waals surface area contributed by atoms with E-state index in [2.05, 4.69) is 25.9 Å². The van der Waals surface area contributed by atoms with Crippen LogP contribution in [0.1, 0.15) is 42.4 Å². The van der Waals surface area contributed by atoms with E-state index in [0.29, 0.717) is 54.1 Å². The first kappa shape index (κ1) is 23.5. The number of nitrogens with one attached hydrogen (secondary N) is 2. The van der Waals surface area contributed by atoms with Crippen LogP contribution in [-0.4, -0.2) is 51.3 Å². The van der Waals surface area contributed by atoms with Crippen molar-refractivity contribution in [2.75, 3.05) is 29.9 Å². The van der Waals surface area contributed by atoms with Crippen LogP contribution in [0.3, 0.4) is 0 Å². The molecule has 3 aromatic rings. The second kappa shape index (κ2) is 9.65. The standard InChI is InChI=1S/C22H24F3N7O2/c1-2-11-26-20(34)15-5-3-4-6-16(15)27-19(33)14-9-12-31(13-10-14)18-8-7-17-28-29-21(22(23,24)25)32(17)30-18/h3-8,14H,2,9-13H2,1H3,(H,26,34)(H,27,33). The predicted molar refractivity (Wildman–Crippen MR) is 118 cm³/mol. The van der Waals surface area contributed by atoms with Gasteiger partial charge in [0, 0.05) is 25.6 Å². The molecule has 2 N–H and O–H groups in total. The van der Waals surface area contributed by atoms with Gasteiger partial charge in [-0.15, -0.1) is 15.3 Å². The molecule has 1 aliphatic rings. The molecule has 0 spiro atoms. The van der Waals surface area contributed by atoms with Crippen molar-refractivity contribution < 1.29 is 22.8 Å². The summed E-state index contributed by atoms with van der Waals surface area (Å²) < 4.78 is 40.1. The normalized spacial score (nSPS) is 14.9. The third-order valence-electron chi connectivity index (χ3n) is 5.66. The number of carbonyl (C=O) groups is 2. The fraction of sp³-hybridized carbons (Fsp3) is 0.409. The highest BCUT2D eigenvalue weighted by Crippen LogP contribution is 2.29. The monoisotopic (exact) mass is 475 g/mol. The SMILES string of the molecule is CCCNC(=O)c1ccccc1NC(=O)C1CCN(c2ccc3nnc(C(F)(F)F)n3n2)CC1. The lowest BCUT2D eigenvalue weighted by Crippen LogP contribution is -2.39. The fourth-order valence-electron chi connectivity index (χ4n) is 3.85. The minimum Gasteiger partial charge on any atom is -0.355 e. The summed E-state index contributed by atoms with van der Waals surface area (Å²) in [7, 11) is 0. The van der Waals surface area contributed by atoms with E-state index in [9.17, 15) is 22.8 Å². The quantitative estimate of drug-likeness (QED) is 0.568. The van der Waals surface area contributed by atoms with Gasteiger partial charge in [-0.2, -0.15) is 17.7 Å². The van der Waals surface area contributed by atoms with E-state index in [0.717, 1.165) is 6.42 Å². The molecular formula is C22H24F3N7O2. The molecular weight excluding hydrogens is 451 g/mol. The van der Waals surface area contributed by atoms with Crippen LogP contribution < -0.4 is 15.5 Å². The smallest absolute Gasteiger partial charge is 0.355 e. The van der Waals surface area contributed by atoms with Crippen molar-refractivity contribution in [1.29, 1.82) is 0 Å². The molecule has 0 bridgehead atoms. The average Bonchev–Trinajstić information content (AvgIpc) is 3.27. The Labute approximate surface area is 193 Å². The van der Waals surface area contributed by atoms with Crippen molar-refractivity contribution in [3.63, 3.8) is 0 Å². The predicted octanol–water partition coefficient (Wildman–Crippen LogP) is 3.14. The van der Waals surface area contributed by atoms with Gasteiger partial charge in [0.25, 0.3) is 11.7 Å². The first-order chi connectivity index (χ1) is 16.3. The van der Waals surface area contributed by atoms with Gasteiger partial charge < -0.3 is 15.5 Å². The summed E-state index contributed by atoms with van der Waals surface area (Å²) in [4.78, 5) is 27.1. The first-order valence-corrected chi connectivity index (χ1v) is 11.0. The number of para-hydroxylation sites is 1. The van der Waals surface area contributed by atoms with Crippen LogP contribution >= 0.6 is 0 Å². The molecule has 1 saturated heterocycles. The molecule has 0 unspecified atom stereocenters. The number of nitrogens with zero attached hydrogens (tertiary/aromatic N) is 5. The van der Waals surface area contributed by atoms with E-state index in [1.807, 2.05) is 11.8 Å². The highest BCUT2D eigenvalue weighted by Gasteiger charge is 2.38. The van der Waals surface area contributed by atoms with Gasteiger partial charge in [-0.05, 0) is 43.5 Å². The molecule has 180 valence electrons. The highest BCUT2D eigenvalue weighted by atomic mass is 19.4. The lowest BCUT2D eigenvalue weighted by molar-refractivity contribution is -0.146. The van der Waals surface area contributed by atoms with Gasteiger partial charge in [-0.3, -0.25) is 9.59 Å². The number of benzene rings is 1. The maximum Gasteiger partial charge on any atom is 0.453 e. The van der Waals surface area contributed by atoms with Crippen LogP contribution in [0.25, 0.3) is 5.65 Å². The van der Waals surface area contributed by atoms with Crippen LogP contribution in [0.2, 0.25) is 0 Å². The zero-order chi connectivity index (χ0) is 24.3. The van der Waals surface area contributed by atoms with Gasteiger partial charge in [0.05, 0.1) is 11.3 Å². The third-order valence-corrected chi connectivity index (χ3v) is 5.66. The molecule has 2 amide bonds. The Morgan fingerprint density at radius 1 is 1.09 bits per heavy atom. The van der Waals surface area contributed by atoms with Crippen molar-refractivity contribution in [2.45, 2.75) is 32.4 Å². The Morgan fingerprint density at radius 3 is 2.53 bits per heavy atom. The number of rotatable bonds is 6. The summed E-state index contributed by atoms with van der Waals surface area (Å²) in [5, 5.41) is 16.4. The first-order valence-electron chi connectivity index (χ1n) is 11.0. The summed E-state index contributed by atoms with van der Waals surface area (Å²) in [6.07, 6.45) is -2.89. The Bertz CT molecular complexity index is 1190. The minimum atomic E-state index is -4.67. The van der Waals surface area contributed by atoms with Gasteiger partial charge in [0.2, 0.25) is 5.91 Å². The van der Waals surface area contributed by atoms with Crippen molar-refractivity contribution >= 4 is 29.0 Å². The van der Waals surface area contributed by atoms with E-state index in [1.165, 1.54) is 6.07 Å². The molecule has 0 radical (unpaired) electrons. The molecule has 1 aliphatic heterocycles. The lowest BCUT2D eigenvalue weighted by atomic mass is 9.95. The molecule has 4 rings (SSSR count). The second-order valence-electron chi connectivity index (χ2n) is 8.03.